The Labute approximate surface area is 136 Å². The summed E-state index contributed by atoms with van der Waals surface area (Å²) in [5.41, 5.74) is 0.153. The van der Waals surface area contributed by atoms with E-state index < -0.39 is 5.97 Å². The van der Waals surface area contributed by atoms with E-state index in [2.05, 4.69) is 10.3 Å². The summed E-state index contributed by atoms with van der Waals surface area (Å²) in [7, 11) is 0. The van der Waals surface area contributed by atoms with Gasteiger partial charge in [-0.3, -0.25) is 4.79 Å². The van der Waals surface area contributed by atoms with Gasteiger partial charge < -0.3 is 14.8 Å². The van der Waals surface area contributed by atoms with Gasteiger partial charge in [0.15, 0.2) is 10.8 Å². The summed E-state index contributed by atoms with van der Waals surface area (Å²) in [6, 6.07) is 6.87. The molecular weight excluding hydrogens is 328 g/mol. The predicted octanol–water partition coefficient (Wildman–Crippen LogP) is 2.99. The molecule has 1 aromatic heterocycles. The van der Waals surface area contributed by atoms with E-state index in [4.69, 9.17) is 21.1 Å². The van der Waals surface area contributed by atoms with Crippen molar-refractivity contribution in [1.82, 2.24) is 4.98 Å². The summed E-state index contributed by atoms with van der Waals surface area (Å²) in [5.74, 6) is -0.166. The summed E-state index contributed by atoms with van der Waals surface area (Å²) >= 11 is 6.91. The number of hydrogen-bond acceptors (Lipinski definition) is 6. The third-order valence-corrected chi connectivity index (χ3v) is 3.40. The lowest BCUT2D eigenvalue weighted by Crippen LogP contribution is -2.13. The van der Waals surface area contributed by atoms with Crippen molar-refractivity contribution in [3.63, 3.8) is 0 Å². The molecule has 1 N–H and O–H groups in total. The largest absolute Gasteiger partial charge is 0.490 e. The van der Waals surface area contributed by atoms with Gasteiger partial charge in [-0.2, -0.15) is 0 Å². The van der Waals surface area contributed by atoms with Gasteiger partial charge in [0.05, 0.1) is 0 Å². The maximum Gasteiger partial charge on any atom is 0.358 e. The Kier molecular flexibility index (Phi) is 5.74. The van der Waals surface area contributed by atoms with Crippen molar-refractivity contribution in [2.75, 3.05) is 18.5 Å². The predicted molar refractivity (Wildman–Crippen MR) is 83.6 cm³/mol. The summed E-state index contributed by atoms with van der Waals surface area (Å²) in [6.07, 6.45) is 0. The number of hydrogen-bond donors (Lipinski definition) is 1. The first kappa shape index (κ1) is 16.3. The minimum absolute atomic E-state index is 0.0917. The van der Waals surface area contributed by atoms with Crippen molar-refractivity contribution in [2.45, 2.75) is 6.92 Å². The molecule has 116 valence electrons. The molecule has 2 aromatic rings. The average molecular weight is 341 g/mol. The van der Waals surface area contributed by atoms with Crippen LogP contribution in [0.5, 0.6) is 5.75 Å². The van der Waals surface area contributed by atoms with Crippen LogP contribution in [0.3, 0.4) is 0 Å². The fourth-order valence-corrected chi connectivity index (χ4v) is 2.33. The molecule has 8 heteroatoms. The number of ether oxygens (including phenoxy) is 2. The van der Waals surface area contributed by atoms with Gasteiger partial charge in [-0.05, 0) is 24.3 Å². The molecule has 22 heavy (non-hydrogen) atoms. The van der Waals surface area contributed by atoms with Crippen molar-refractivity contribution in [3.05, 3.63) is 40.4 Å². The highest BCUT2D eigenvalue weighted by Gasteiger charge is 2.12. The van der Waals surface area contributed by atoms with E-state index in [0.717, 1.165) is 11.3 Å². The smallest absolute Gasteiger partial charge is 0.358 e. The maximum atomic E-state index is 11.7. The third kappa shape index (κ3) is 5.01. The molecular formula is C14H13ClN2O4S. The van der Waals surface area contributed by atoms with Gasteiger partial charge in [-0.15, -0.1) is 11.3 Å². The molecule has 2 rings (SSSR count). The van der Waals surface area contributed by atoms with E-state index in [1.54, 1.807) is 24.3 Å². The minimum Gasteiger partial charge on any atom is -0.490 e. The van der Waals surface area contributed by atoms with Gasteiger partial charge in [0.1, 0.15) is 19.0 Å². The number of nitrogens with zero attached hydrogens (tertiary/aromatic N) is 1. The van der Waals surface area contributed by atoms with E-state index >= 15 is 0 Å². The molecule has 0 unspecified atom stereocenters. The van der Waals surface area contributed by atoms with Gasteiger partial charge in [0, 0.05) is 17.3 Å². The van der Waals surface area contributed by atoms with E-state index in [-0.39, 0.29) is 24.8 Å². The number of anilines is 1. The van der Waals surface area contributed by atoms with Crippen LogP contribution in [-0.4, -0.2) is 30.1 Å². The number of nitrogens with one attached hydrogen (secondary N) is 1. The molecule has 0 aliphatic rings. The topological polar surface area (TPSA) is 77.5 Å². The van der Waals surface area contributed by atoms with E-state index in [0.29, 0.717) is 15.9 Å². The molecule has 1 heterocycles. The normalized spacial score (nSPS) is 10.1. The number of rotatable bonds is 6. The van der Waals surface area contributed by atoms with Crippen LogP contribution in [0, 0.1) is 0 Å². The second-order valence-electron chi connectivity index (χ2n) is 4.16. The molecule has 0 radical (unpaired) electrons. The highest BCUT2D eigenvalue weighted by atomic mass is 35.5. The first-order valence-corrected chi connectivity index (χ1v) is 7.59. The number of carbonyl (C=O) groups is 2. The zero-order chi connectivity index (χ0) is 15.9. The number of thiazole rings is 1. The minimum atomic E-state index is -0.562. The van der Waals surface area contributed by atoms with Crippen LogP contribution < -0.4 is 10.1 Å². The summed E-state index contributed by atoms with van der Waals surface area (Å²) < 4.78 is 10.4. The van der Waals surface area contributed by atoms with Crippen LogP contribution in [0.4, 0.5) is 5.13 Å². The van der Waals surface area contributed by atoms with E-state index in [1.807, 2.05) is 0 Å². The van der Waals surface area contributed by atoms with Gasteiger partial charge in [0.2, 0.25) is 5.91 Å². The Bertz CT molecular complexity index is 657. The lowest BCUT2D eigenvalue weighted by Gasteiger charge is -2.06. The molecule has 1 aromatic carbocycles. The lowest BCUT2D eigenvalue weighted by molar-refractivity contribution is -0.114. The second-order valence-corrected chi connectivity index (χ2v) is 5.45. The first-order valence-electron chi connectivity index (χ1n) is 6.33. The summed E-state index contributed by atoms with van der Waals surface area (Å²) in [6.45, 7) is 1.68. The zero-order valence-electron chi connectivity index (χ0n) is 11.7. The quantitative estimate of drug-likeness (QED) is 0.646. The summed E-state index contributed by atoms with van der Waals surface area (Å²) in [4.78, 5) is 26.6. The SMILES string of the molecule is CC(=O)Nc1nc(C(=O)OCCOc2ccc(Cl)cc2)cs1. The van der Waals surface area contributed by atoms with Gasteiger partial charge in [0.25, 0.3) is 0 Å². The highest BCUT2D eigenvalue weighted by molar-refractivity contribution is 7.14. The third-order valence-electron chi connectivity index (χ3n) is 2.40. The molecule has 0 bridgehead atoms. The van der Waals surface area contributed by atoms with E-state index in [1.165, 1.54) is 12.3 Å². The fraction of sp³-hybridized carbons (Fsp3) is 0.214. The molecule has 0 spiro atoms. The van der Waals surface area contributed by atoms with E-state index in [9.17, 15) is 9.59 Å². The molecule has 6 nitrogen and oxygen atoms in total. The zero-order valence-corrected chi connectivity index (χ0v) is 13.2. The highest BCUT2D eigenvalue weighted by Crippen LogP contribution is 2.17. The first-order chi connectivity index (χ1) is 10.5. The van der Waals surface area contributed by atoms with Crippen molar-refractivity contribution in [2.24, 2.45) is 0 Å². The van der Waals surface area contributed by atoms with Gasteiger partial charge in [-0.25, -0.2) is 9.78 Å². The van der Waals surface area contributed by atoms with Crippen LogP contribution in [0.2, 0.25) is 5.02 Å². The Hall–Kier alpha value is -2.12. The standard InChI is InChI=1S/C14H13ClN2O4S/c1-9(18)16-14-17-12(8-22-14)13(19)21-7-6-20-11-4-2-10(15)3-5-11/h2-5,8H,6-7H2,1H3,(H,16,17,18). The molecule has 0 saturated carbocycles. The fourth-order valence-electron chi connectivity index (χ4n) is 1.47. The van der Waals surface area contributed by atoms with Gasteiger partial charge in [-0.1, -0.05) is 11.6 Å². The number of esters is 1. The second kappa shape index (κ2) is 7.77. The molecule has 0 atom stereocenters. The number of carbonyl (C=O) groups excluding carboxylic acids is 2. The number of benzene rings is 1. The summed E-state index contributed by atoms with van der Waals surface area (Å²) in [5, 5.41) is 5.00. The maximum absolute atomic E-state index is 11.7. The van der Waals surface area contributed by atoms with Crippen LogP contribution in [0.15, 0.2) is 29.6 Å². The molecule has 0 saturated heterocycles. The number of aromatic nitrogens is 1. The van der Waals surface area contributed by atoms with Crippen LogP contribution in [0.25, 0.3) is 0 Å². The Morgan fingerprint density at radius 1 is 1.27 bits per heavy atom. The van der Waals surface area contributed by atoms with Crippen LogP contribution in [-0.2, 0) is 9.53 Å². The van der Waals surface area contributed by atoms with Crippen molar-refractivity contribution in [3.8, 4) is 5.75 Å². The molecule has 0 aliphatic heterocycles. The number of amides is 1. The van der Waals surface area contributed by atoms with Crippen LogP contribution >= 0.6 is 22.9 Å². The Balaban J connectivity index is 1.74. The Morgan fingerprint density at radius 3 is 2.68 bits per heavy atom. The van der Waals surface area contributed by atoms with Crippen molar-refractivity contribution >= 4 is 39.9 Å². The van der Waals surface area contributed by atoms with Crippen LogP contribution in [0.1, 0.15) is 17.4 Å². The molecule has 1 amide bonds. The molecule has 0 aliphatic carbocycles. The van der Waals surface area contributed by atoms with Gasteiger partial charge >= 0.3 is 5.97 Å². The lowest BCUT2D eigenvalue weighted by atomic mass is 10.3. The Morgan fingerprint density at radius 2 is 2.00 bits per heavy atom. The molecule has 0 fully saturated rings. The van der Waals surface area contributed by atoms with Crippen molar-refractivity contribution < 1.29 is 19.1 Å². The number of halogens is 1. The average Bonchev–Trinajstić information content (AvgIpc) is 2.93. The van der Waals surface area contributed by atoms with Crippen molar-refractivity contribution in [1.29, 1.82) is 0 Å². The monoisotopic (exact) mass is 340 g/mol.